The molecule has 0 aliphatic carbocycles. The second-order valence-electron chi connectivity index (χ2n) is 5.92. The topological polar surface area (TPSA) is 43.6 Å². The average molecular weight is 379 g/mol. The van der Waals surface area contributed by atoms with Crippen molar-refractivity contribution in [3.63, 3.8) is 0 Å². The standard InChI is InChI=1S/C18H18Cl2N3O2/c1-21(25)14-3-5-15(6-4-14)22-8-10-23(11-9-22)18(24)13-2-7-16(19)17(20)12-13/h2-7,12H,8-11H2,1H3/q+1. The van der Waals surface area contributed by atoms with Crippen LogP contribution in [0.3, 0.4) is 0 Å². The van der Waals surface area contributed by atoms with Crippen LogP contribution in [0, 0.1) is 4.91 Å². The molecule has 0 radical (unpaired) electrons. The summed E-state index contributed by atoms with van der Waals surface area (Å²) < 4.78 is 0.831. The summed E-state index contributed by atoms with van der Waals surface area (Å²) in [5.74, 6) is -0.0402. The van der Waals surface area contributed by atoms with E-state index in [0.717, 1.165) is 23.5 Å². The molecule has 3 rings (SSSR count). The molecule has 2 aromatic rings. The van der Waals surface area contributed by atoms with Gasteiger partial charge in [-0.15, -0.1) is 0 Å². The summed E-state index contributed by atoms with van der Waals surface area (Å²) in [6, 6.07) is 12.4. The fourth-order valence-corrected chi connectivity index (χ4v) is 3.15. The van der Waals surface area contributed by atoms with Crippen molar-refractivity contribution in [1.82, 2.24) is 4.90 Å². The molecule has 0 unspecified atom stereocenters. The van der Waals surface area contributed by atoms with Crippen LogP contribution >= 0.6 is 23.2 Å². The van der Waals surface area contributed by atoms with Crippen molar-refractivity contribution in [2.75, 3.05) is 38.1 Å². The minimum Gasteiger partial charge on any atom is -0.368 e. The lowest BCUT2D eigenvalue weighted by atomic mass is 10.1. The predicted molar refractivity (Wildman–Crippen MR) is 100 cm³/mol. The molecule has 1 heterocycles. The highest BCUT2D eigenvalue weighted by Gasteiger charge is 2.23. The summed E-state index contributed by atoms with van der Waals surface area (Å²) in [5, 5.41) is 0.824. The Balaban J connectivity index is 1.64. The first-order valence-electron chi connectivity index (χ1n) is 7.96. The molecule has 5 nitrogen and oxygen atoms in total. The maximum atomic E-state index is 12.6. The van der Waals surface area contributed by atoms with Crippen LogP contribution in [0.1, 0.15) is 10.4 Å². The predicted octanol–water partition coefficient (Wildman–Crippen LogP) is 4.00. The lowest BCUT2D eigenvalue weighted by Gasteiger charge is -2.36. The smallest absolute Gasteiger partial charge is 0.255 e. The second-order valence-corrected chi connectivity index (χ2v) is 6.74. The lowest BCUT2D eigenvalue weighted by Crippen LogP contribution is -2.48. The summed E-state index contributed by atoms with van der Waals surface area (Å²) in [6.07, 6.45) is 0. The summed E-state index contributed by atoms with van der Waals surface area (Å²) in [5.41, 5.74) is 2.22. The Morgan fingerprint density at radius 1 is 0.960 bits per heavy atom. The van der Waals surface area contributed by atoms with Crippen molar-refractivity contribution >= 4 is 40.5 Å². The van der Waals surface area contributed by atoms with Crippen LogP contribution in [0.15, 0.2) is 42.5 Å². The molecule has 1 fully saturated rings. The van der Waals surface area contributed by atoms with Gasteiger partial charge in [0.15, 0.2) is 7.05 Å². The molecular weight excluding hydrogens is 361 g/mol. The molecule has 1 aliphatic rings. The maximum absolute atomic E-state index is 12.6. The zero-order valence-corrected chi connectivity index (χ0v) is 15.3. The Morgan fingerprint density at radius 2 is 1.60 bits per heavy atom. The van der Waals surface area contributed by atoms with Gasteiger partial charge in [-0.05, 0) is 30.3 Å². The van der Waals surface area contributed by atoms with Gasteiger partial charge in [0.05, 0.1) is 10.0 Å². The van der Waals surface area contributed by atoms with E-state index in [4.69, 9.17) is 23.2 Å². The van der Waals surface area contributed by atoms with E-state index in [9.17, 15) is 9.70 Å². The molecular formula is C18H18Cl2N3O2+. The number of carbonyl (C=O) groups excluding carboxylic acids is 1. The van der Waals surface area contributed by atoms with Crippen molar-refractivity contribution in [3.05, 3.63) is 63.0 Å². The molecule has 7 heteroatoms. The number of halogens is 2. The summed E-state index contributed by atoms with van der Waals surface area (Å²) in [6.45, 7) is 2.73. The van der Waals surface area contributed by atoms with Gasteiger partial charge < -0.3 is 9.80 Å². The first-order chi connectivity index (χ1) is 12.0. The van der Waals surface area contributed by atoms with Crippen molar-refractivity contribution in [3.8, 4) is 0 Å². The first kappa shape index (κ1) is 17.7. The largest absolute Gasteiger partial charge is 0.368 e. The van der Waals surface area contributed by atoms with Crippen LogP contribution in [-0.4, -0.2) is 48.8 Å². The Morgan fingerprint density at radius 3 is 2.16 bits per heavy atom. The fourth-order valence-electron chi connectivity index (χ4n) is 2.85. The zero-order valence-electron chi connectivity index (χ0n) is 13.8. The highest BCUT2D eigenvalue weighted by atomic mass is 35.5. The highest BCUT2D eigenvalue weighted by Crippen LogP contribution is 2.24. The van der Waals surface area contributed by atoms with Crippen LogP contribution < -0.4 is 4.90 Å². The number of hydrogen-bond donors (Lipinski definition) is 0. The summed E-state index contributed by atoms with van der Waals surface area (Å²) >= 11 is 11.9. The van der Waals surface area contributed by atoms with Crippen LogP contribution in [0.2, 0.25) is 10.0 Å². The number of piperazine rings is 1. The van der Waals surface area contributed by atoms with Crippen molar-refractivity contribution < 1.29 is 9.55 Å². The van der Waals surface area contributed by atoms with Crippen LogP contribution in [0.5, 0.6) is 0 Å². The average Bonchev–Trinajstić information content (AvgIpc) is 2.63. The second kappa shape index (κ2) is 7.42. The van der Waals surface area contributed by atoms with Gasteiger partial charge in [0.1, 0.15) is 0 Å². The van der Waals surface area contributed by atoms with E-state index in [-0.39, 0.29) is 5.91 Å². The van der Waals surface area contributed by atoms with E-state index in [0.29, 0.717) is 34.4 Å². The first-order valence-corrected chi connectivity index (χ1v) is 8.71. The van der Waals surface area contributed by atoms with Gasteiger partial charge in [-0.3, -0.25) is 4.79 Å². The van der Waals surface area contributed by atoms with E-state index >= 15 is 0 Å². The molecule has 0 atom stereocenters. The Kier molecular flexibility index (Phi) is 5.25. The van der Waals surface area contributed by atoms with Gasteiger partial charge in [-0.2, -0.15) is 0 Å². The van der Waals surface area contributed by atoms with Gasteiger partial charge in [0, 0.05) is 59.2 Å². The molecule has 130 valence electrons. The number of nitrogens with zero attached hydrogens (tertiary/aromatic N) is 3. The number of amides is 1. The molecule has 25 heavy (non-hydrogen) atoms. The summed E-state index contributed by atoms with van der Waals surface area (Å²) in [4.78, 5) is 27.9. The summed E-state index contributed by atoms with van der Waals surface area (Å²) in [7, 11) is 1.47. The fraction of sp³-hybridized carbons (Fsp3) is 0.278. The van der Waals surface area contributed by atoms with Crippen molar-refractivity contribution in [2.45, 2.75) is 0 Å². The minimum atomic E-state index is -0.0402. The third-order valence-electron chi connectivity index (χ3n) is 4.31. The molecule has 0 saturated carbocycles. The van der Waals surface area contributed by atoms with Crippen molar-refractivity contribution in [2.24, 2.45) is 0 Å². The van der Waals surface area contributed by atoms with E-state index in [1.165, 1.54) is 7.05 Å². The number of benzene rings is 2. The van der Waals surface area contributed by atoms with Gasteiger partial charge in [0.2, 0.25) is 0 Å². The molecule has 1 saturated heterocycles. The minimum absolute atomic E-state index is 0.0402. The molecule has 0 N–H and O–H groups in total. The molecule has 0 spiro atoms. The Labute approximate surface area is 156 Å². The third kappa shape index (κ3) is 3.94. The van der Waals surface area contributed by atoms with E-state index in [2.05, 4.69) is 4.90 Å². The normalized spacial score (nSPS) is 14.5. The maximum Gasteiger partial charge on any atom is 0.255 e. The van der Waals surface area contributed by atoms with Crippen LogP contribution in [0.4, 0.5) is 11.4 Å². The molecule has 1 amide bonds. The molecule has 1 aliphatic heterocycles. The number of anilines is 1. The number of hydrogen-bond acceptors (Lipinski definition) is 3. The van der Waals surface area contributed by atoms with Crippen molar-refractivity contribution in [1.29, 1.82) is 0 Å². The van der Waals surface area contributed by atoms with Crippen LogP contribution in [-0.2, 0) is 0 Å². The van der Waals surface area contributed by atoms with E-state index in [1.807, 2.05) is 17.0 Å². The monoisotopic (exact) mass is 378 g/mol. The van der Waals surface area contributed by atoms with E-state index < -0.39 is 0 Å². The highest BCUT2D eigenvalue weighted by molar-refractivity contribution is 6.42. The van der Waals surface area contributed by atoms with Crippen LogP contribution in [0.25, 0.3) is 0 Å². The SMILES string of the molecule is C[N+](=O)c1ccc(N2CCN(C(=O)c3ccc(Cl)c(Cl)c3)CC2)cc1. The molecule has 2 aromatic carbocycles. The molecule has 0 aromatic heterocycles. The Hall–Kier alpha value is -2.11. The number of carbonyl (C=O) groups is 1. The van der Waals surface area contributed by atoms with Gasteiger partial charge >= 0.3 is 0 Å². The van der Waals surface area contributed by atoms with Gasteiger partial charge in [0.25, 0.3) is 11.6 Å². The third-order valence-corrected chi connectivity index (χ3v) is 5.05. The quantitative estimate of drug-likeness (QED) is 0.758. The lowest BCUT2D eigenvalue weighted by molar-refractivity contribution is -0.428. The molecule has 0 bridgehead atoms. The van der Waals surface area contributed by atoms with Gasteiger partial charge in [-0.1, -0.05) is 23.2 Å². The van der Waals surface area contributed by atoms with E-state index in [1.54, 1.807) is 30.3 Å². The number of nitroso groups, excluding NO2 is 1. The zero-order chi connectivity index (χ0) is 18.0. The number of rotatable bonds is 3. The Bertz CT molecular complexity index is 800. The van der Waals surface area contributed by atoms with Gasteiger partial charge in [-0.25, -0.2) is 0 Å².